The molecule has 164 valence electrons. The van der Waals surface area contributed by atoms with E-state index < -0.39 is 22.0 Å². The Morgan fingerprint density at radius 2 is 1.77 bits per heavy atom. The van der Waals surface area contributed by atoms with E-state index in [0.717, 1.165) is 5.56 Å². The molecule has 0 saturated carbocycles. The van der Waals surface area contributed by atoms with E-state index in [1.807, 2.05) is 6.26 Å². The van der Waals surface area contributed by atoms with Crippen molar-refractivity contribution in [2.45, 2.75) is 23.9 Å². The van der Waals surface area contributed by atoms with Gasteiger partial charge >= 0.3 is 0 Å². The van der Waals surface area contributed by atoms with Gasteiger partial charge in [0.15, 0.2) is 11.5 Å². The topological polar surface area (TPSA) is 93.7 Å². The maximum atomic E-state index is 12.7. The molecule has 0 spiro atoms. The van der Waals surface area contributed by atoms with Gasteiger partial charge in [-0.05, 0) is 60.4 Å². The summed E-state index contributed by atoms with van der Waals surface area (Å²) >= 11 is 7.36. The van der Waals surface area contributed by atoms with E-state index in [2.05, 4.69) is 10.0 Å². The first kappa shape index (κ1) is 24.3. The first-order valence-corrected chi connectivity index (χ1v) is 12.3. The number of methoxy groups -OCH3 is 2. The zero-order chi connectivity index (χ0) is 22.1. The van der Waals surface area contributed by atoms with Crippen LogP contribution in [0.1, 0.15) is 12.0 Å². The second-order valence-corrected chi connectivity index (χ2v) is 9.45. The van der Waals surface area contributed by atoms with E-state index in [9.17, 15) is 13.2 Å². The number of hydrogen-bond donors (Lipinski definition) is 2. The minimum atomic E-state index is -3.87. The van der Waals surface area contributed by atoms with Crippen molar-refractivity contribution in [1.29, 1.82) is 0 Å². The number of rotatable bonds is 11. The van der Waals surface area contributed by atoms with Crippen LogP contribution in [0.25, 0.3) is 0 Å². The molecule has 2 rings (SSSR count). The summed E-state index contributed by atoms with van der Waals surface area (Å²) in [5, 5.41) is 3.22. The number of halogens is 1. The van der Waals surface area contributed by atoms with E-state index in [0.29, 0.717) is 28.7 Å². The predicted octanol–water partition coefficient (Wildman–Crippen LogP) is 3.07. The fourth-order valence-electron chi connectivity index (χ4n) is 2.65. The van der Waals surface area contributed by atoms with Crippen molar-refractivity contribution in [3.05, 3.63) is 53.1 Å². The van der Waals surface area contributed by atoms with Gasteiger partial charge in [-0.1, -0.05) is 17.7 Å². The minimum Gasteiger partial charge on any atom is -0.493 e. The van der Waals surface area contributed by atoms with Gasteiger partial charge < -0.3 is 14.8 Å². The lowest BCUT2D eigenvalue weighted by atomic mass is 10.2. The molecule has 0 bridgehead atoms. The third-order valence-corrected chi connectivity index (χ3v) is 6.65. The summed E-state index contributed by atoms with van der Waals surface area (Å²) in [6.45, 7) is 0.220. The molecule has 0 saturated heterocycles. The van der Waals surface area contributed by atoms with Gasteiger partial charge in [-0.3, -0.25) is 4.79 Å². The van der Waals surface area contributed by atoms with Gasteiger partial charge in [0.2, 0.25) is 15.9 Å². The largest absolute Gasteiger partial charge is 0.493 e. The minimum absolute atomic E-state index is 0.0498. The number of carbonyl (C=O) groups excluding carboxylic acids is 1. The molecule has 0 radical (unpaired) electrons. The molecule has 0 aromatic heterocycles. The molecule has 0 fully saturated rings. The second kappa shape index (κ2) is 11.5. The molecular formula is C20H25ClN2O5S2. The van der Waals surface area contributed by atoms with E-state index in [-0.39, 0.29) is 11.4 Å². The maximum Gasteiger partial charge on any atom is 0.241 e. The summed E-state index contributed by atoms with van der Waals surface area (Å²) in [4.78, 5) is 12.8. The molecule has 0 heterocycles. The highest BCUT2D eigenvalue weighted by molar-refractivity contribution is 7.98. The molecule has 0 aliphatic rings. The van der Waals surface area contributed by atoms with E-state index >= 15 is 0 Å². The molecule has 1 unspecified atom stereocenters. The van der Waals surface area contributed by atoms with E-state index in [1.54, 1.807) is 25.3 Å². The summed E-state index contributed by atoms with van der Waals surface area (Å²) in [6.07, 6.45) is 2.25. The summed E-state index contributed by atoms with van der Waals surface area (Å²) in [5.41, 5.74) is 0.796. The first-order valence-electron chi connectivity index (χ1n) is 9.06. The normalized spacial score (nSPS) is 12.3. The van der Waals surface area contributed by atoms with Crippen LogP contribution in [0.5, 0.6) is 11.5 Å². The predicted molar refractivity (Wildman–Crippen MR) is 120 cm³/mol. The molecular weight excluding hydrogens is 448 g/mol. The summed E-state index contributed by atoms with van der Waals surface area (Å²) in [7, 11) is -0.794. The fraction of sp³-hybridized carbons (Fsp3) is 0.350. The first-order chi connectivity index (χ1) is 14.3. The Balaban J connectivity index is 2.10. The molecule has 30 heavy (non-hydrogen) atoms. The van der Waals surface area contributed by atoms with E-state index in [4.69, 9.17) is 21.1 Å². The van der Waals surface area contributed by atoms with Crippen LogP contribution >= 0.6 is 23.4 Å². The van der Waals surface area contributed by atoms with Crippen molar-refractivity contribution in [3.8, 4) is 11.5 Å². The molecule has 10 heteroatoms. The molecule has 7 nitrogen and oxygen atoms in total. The average Bonchev–Trinajstić information content (AvgIpc) is 2.74. The number of sulfonamides is 1. The Kier molecular flexibility index (Phi) is 9.29. The van der Waals surface area contributed by atoms with Crippen LogP contribution in [0.15, 0.2) is 47.4 Å². The van der Waals surface area contributed by atoms with Gasteiger partial charge in [0.1, 0.15) is 6.04 Å². The van der Waals surface area contributed by atoms with Gasteiger partial charge in [-0.2, -0.15) is 16.5 Å². The van der Waals surface area contributed by atoms with E-state index in [1.165, 1.54) is 43.1 Å². The monoisotopic (exact) mass is 472 g/mol. The van der Waals surface area contributed by atoms with Crippen LogP contribution in [0.3, 0.4) is 0 Å². The van der Waals surface area contributed by atoms with Gasteiger partial charge in [0.25, 0.3) is 0 Å². The van der Waals surface area contributed by atoms with Crippen LogP contribution in [-0.2, 0) is 21.4 Å². The van der Waals surface area contributed by atoms with Crippen molar-refractivity contribution in [3.63, 3.8) is 0 Å². The Morgan fingerprint density at radius 1 is 1.10 bits per heavy atom. The highest BCUT2D eigenvalue weighted by Gasteiger charge is 2.25. The SMILES string of the molecule is COc1ccc(CNC(=O)C(CCSC)NS(=O)(=O)c2ccc(Cl)cc2)cc1OC. The number of carbonyl (C=O) groups is 1. The number of hydrogen-bond acceptors (Lipinski definition) is 6. The lowest BCUT2D eigenvalue weighted by Gasteiger charge is -2.18. The van der Waals surface area contributed by atoms with Crippen molar-refractivity contribution in [1.82, 2.24) is 10.0 Å². The Morgan fingerprint density at radius 3 is 2.37 bits per heavy atom. The number of benzene rings is 2. The Labute approximate surface area is 186 Å². The van der Waals surface area contributed by atoms with Crippen molar-refractivity contribution in [2.24, 2.45) is 0 Å². The van der Waals surface area contributed by atoms with Crippen LogP contribution in [0.2, 0.25) is 5.02 Å². The molecule has 0 aliphatic carbocycles. The summed E-state index contributed by atoms with van der Waals surface area (Å²) in [5.74, 6) is 1.35. The Bertz CT molecular complexity index is 952. The number of ether oxygens (including phenoxy) is 2. The third-order valence-electron chi connectivity index (χ3n) is 4.26. The summed E-state index contributed by atoms with van der Waals surface area (Å²) < 4.78 is 38.3. The molecule has 1 amide bonds. The Hall–Kier alpha value is -1.94. The van der Waals surface area contributed by atoms with Gasteiger partial charge in [-0.25, -0.2) is 8.42 Å². The standard InChI is InChI=1S/C20H25ClN2O5S2/c1-27-18-9-4-14(12-19(18)28-2)13-22-20(24)17(10-11-29-3)23-30(25,26)16-7-5-15(21)6-8-16/h4-9,12,17,23H,10-11,13H2,1-3H3,(H,22,24). The zero-order valence-electron chi connectivity index (χ0n) is 17.0. The molecule has 2 N–H and O–H groups in total. The fourth-order valence-corrected chi connectivity index (χ4v) is 4.48. The quantitative estimate of drug-likeness (QED) is 0.522. The third kappa shape index (κ3) is 6.80. The van der Waals surface area contributed by atoms with Gasteiger partial charge in [0.05, 0.1) is 19.1 Å². The van der Waals surface area contributed by atoms with Crippen LogP contribution < -0.4 is 19.5 Å². The van der Waals surface area contributed by atoms with Crippen LogP contribution in [0.4, 0.5) is 0 Å². The highest BCUT2D eigenvalue weighted by atomic mass is 35.5. The highest BCUT2D eigenvalue weighted by Crippen LogP contribution is 2.27. The van der Waals surface area contributed by atoms with Crippen molar-refractivity contribution >= 4 is 39.3 Å². The second-order valence-electron chi connectivity index (χ2n) is 6.32. The number of nitrogens with one attached hydrogen (secondary N) is 2. The van der Waals surface area contributed by atoms with Gasteiger partial charge in [-0.15, -0.1) is 0 Å². The van der Waals surface area contributed by atoms with Crippen molar-refractivity contribution < 1.29 is 22.7 Å². The molecule has 2 aromatic rings. The van der Waals surface area contributed by atoms with Crippen LogP contribution in [-0.4, -0.2) is 46.6 Å². The van der Waals surface area contributed by atoms with Crippen LogP contribution in [0, 0.1) is 0 Å². The lowest BCUT2D eigenvalue weighted by Crippen LogP contribution is -2.46. The van der Waals surface area contributed by atoms with Crippen molar-refractivity contribution in [2.75, 3.05) is 26.2 Å². The number of amides is 1. The molecule has 0 aliphatic heterocycles. The average molecular weight is 473 g/mol. The smallest absolute Gasteiger partial charge is 0.241 e. The van der Waals surface area contributed by atoms with Gasteiger partial charge in [0, 0.05) is 11.6 Å². The number of thioether (sulfide) groups is 1. The molecule has 1 atom stereocenters. The maximum absolute atomic E-state index is 12.7. The summed E-state index contributed by atoms with van der Waals surface area (Å²) in [6, 6.07) is 10.2. The lowest BCUT2D eigenvalue weighted by molar-refractivity contribution is -0.122. The molecule has 2 aromatic carbocycles. The zero-order valence-corrected chi connectivity index (χ0v) is 19.4.